The summed E-state index contributed by atoms with van der Waals surface area (Å²) in [7, 11) is 0. The molecule has 1 N–H and O–H groups in total. The monoisotopic (exact) mass is 395 g/mol. The van der Waals surface area contributed by atoms with Crippen LogP contribution in [-0.4, -0.2) is 31.2 Å². The SMILES string of the molecule is Cc1cc(C)c2c(-c3ccccc3)nc(SCC(=O)Nc3nccs3)n2n1. The number of nitrogens with zero attached hydrogens (tertiary/aromatic N) is 4. The van der Waals surface area contributed by atoms with Crippen LogP contribution in [0.4, 0.5) is 5.13 Å². The van der Waals surface area contributed by atoms with Gasteiger partial charge in [0.15, 0.2) is 10.3 Å². The topological polar surface area (TPSA) is 72.2 Å². The van der Waals surface area contributed by atoms with Gasteiger partial charge in [-0.2, -0.15) is 5.10 Å². The molecule has 0 bridgehead atoms. The first kappa shape index (κ1) is 17.7. The van der Waals surface area contributed by atoms with E-state index in [9.17, 15) is 4.79 Å². The number of carbonyl (C=O) groups excluding carboxylic acids is 1. The van der Waals surface area contributed by atoms with Gasteiger partial charge in [0.1, 0.15) is 0 Å². The van der Waals surface area contributed by atoms with Crippen molar-refractivity contribution in [3.05, 3.63) is 59.2 Å². The molecule has 8 heteroatoms. The Morgan fingerprint density at radius 1 is 1.26 bits per heavy atom. The standard InChI is InChI=1S/C19H17N5OS2/c1-12-10-13(2)23-24-17(12)16(14-6-4-3-5-7-14)22-19(24)27-11-15(25)21-18-20-8-9-26-18/h3-10H,11H2,1-2H3,(H,20,21,25). The highest BCUT2D eigenvalue weighted by Gasteiger charge is 2.18. The molecule has 1 amide bonds. The van der Waals surface area contributed by atoms with Crippen LogP contribution < -0.4 is 5.32 Å². The number of benzene rings is 1. The molecule has 6 nitrogen and oxygen atoms in total. The van der Waals surface area contributed by atoms with Crippen molar-refractivity contribution >= 4 is 39.7 Å². The van der Waals surface area contributed by atoms with Crippen molar-refractivity contribution in [3.63, 3.8) is 0 Å². The Hall–Kier alpha value is -2.71. The van der Waals surface area contributed by atoms with Gasteiger partial charge in [0.25, 0.3) is 0 Å². The molecule has 4 aromatic rings. The minimum absolute atomic E-state index is 0.114. The normalized spacial score (nSPS) is 11.0. The molecule has 136 valence electrons. The maximum absolute atomic E-state index is 12.2. The van der Waals surface area contributed by atoms with Crippen molar-refractivity contribution < 1.29 is 4.79 Å². The average molecular weight is 396 g/mol. The number of carbonyl (C=O) groups is 1. The van der Waals surface area contributed by atoms with Gasteiger partial charge in [-0.05, 0) is 25.5 Å². The molecule has 27 heavy (non-hydrogen) atoms. The van der Waals surface area contributed by atoms with E-state index in [1.807, 2.05) is 53.2 Å². The fourth-order valence-corrected chi connectivity index (χ4v) is 4.16. The largest absolute Gasteiger partial charge is 0.301 e. The second-order valence-corrected chi connectivity index (χ2v) is 7.85. The van der Waals surface area contributed by atoms with Gasteiger partial charge in [-0.15, -0.1) is 11.3 Å². The Morgan fingerprint density at radius 2 is 2.07 bits per heavy atom. The molecule has 4 rings (SSSR count). The van der Waals surface area contributed by atoms with Gasteiger partial charge in [-0.3, -0.25) is 4.79 Å². The fraction of sp³-hybridized carbons (Fsp3) is 0.158. The van der Waals surface area contributed by atoms with Gasteiger partial charge >= 0.3 is 0 Å². The van der Waals surface area contributed by atoms with Crippen LogP contribution in [-0.2, 0) is 4.79 Å². The highest BCUT2D eigenvalue weighted by Crippen LogP contribution is 2.30. The summed E-state index contributed by atoms with van der Waals surface area (Å²) in [5.41, 5.74) is 4.89. The van der Waals surface area contributed by atoms with E-state index in [1.165, 1.54) is 23.1 Å². The summed E-state index contributed by atoms with van der Waals surface area (Å²) in [5, 5.41) is 10.5. The number of anilines is 1. The number of hydrogen-bond acceptors (Lipinski definition) is 6. The van der Waals surface area contributed by atoms with E-state index in [-0.39, 0.29) is 11.7 Å². The van der Waals surface area contributed by atoms with Gasteiger partial charge in [0.2, 0.25) is 5.91 Å². The van der Waals surface area contributed by atoms with E-state index >= 15 is 0 Å². The molecule has 0 fully saturated rings. The summed E-state index contributed by atoms with van der Waals surface area (Å²) in [5.74, 6) is 0.124. The summed E-state index contributed by atoms with van der Waals surface area (Å²) >= 11 is 2.76. The molecule has 0 saturated carbocycles. The molecule has 3 aromatic heterocycles. The third kappa shape index (κ3) is 3.72. The van der Waals surface area contributed by atoms with E-state index in [4.69, 9.17) is 4.98 Å². The minimum Gasteiger partial charge on any atom is -0.301 e. The number of thioether (sulfide) groups is 1. The summed E-state index contributed by atoms with van der Waals surface area (Å²) < 4.78 is 1.84. The Bertz CT molecular complexity index is 1090. The van der Waals surface area contributed by atoms with Crippen LogP contribution >= 0.6 is 23.1 Å². The lowest BCUT2D eigenvalue weighted by molar-refractivity contribution is -0.113. The molecule has 0 saturated heterocycles. The lowest BCUT2D eigenvalue weighted by atomic mass is 10.1. The maximum Gasteiger partial charge on any atom is 0.236 e. The van der Waals surface area contributed by atoms with Crippen molar-refractivity contribution in [3.8, 4) is 11.3 Å². The van der Waals surface area contributed by atoms with Crippen LogP contribution in [0.25, 0.3) is 16.8 Å². The van der Waals surface area contributed by atoms with Crippen LogP contribution in [0.15, 0.2) is 53.1 Å². The number of aromatic nitrogens is 4. The second-order valence-electron chi connectivity index (χ2n) is 6.01. The first-order valence-corrected chi connectivity index (χ1v) is 10.2. The van der Waals surface area contributed by atoms with Crippen LogP contribution in [0.5, 0.6) is 0 Å². The number of amides is 1. The minimum atomic E-state index is -0.114. The number of thiazole rings is 1. The van der Waals surface area contributed by atoms with Crippen LogP contribution in [0.3, 0.4) is 0 Å². The van der Waals surface area contributed by atoms with Crippen molar-refractivity contribution in [1.82, 2.24) is 19.6 Å². The number of nitrogens with one attached hydrogen (secondary N) is 1. The first-order chi connectivity index (χ1) is 13.1. The number of fused-ring (bicyclic) bond motifs is 1. The number of aryl methyl sites for hydroxylation is 2. The molecule has 1 aromatic carbocycles. The van der Waals surface area contributed by atoms with Crippen molar-refractivity contribution in [1.29, 1.82) is 0 Å². The highest BCUT2D eigenvalue weighted by molar-refractivity contribution is 7.99. The highest BCUT2D eigenvalue weighted by atomic mass is 32.2. The lowest BCUT2D eigenvalue weighted by Crippen LogP contribution is -2.14. The van der Waals surface area contributed by atoms with Crippen molar-refractivity contribution in [2.45, 2.75) is 19.0 Å². The van der Waals surface area contributed by atoms with E-state index in [0.29, 0.717) is 10.3 Å². The van der Waals surface area contributed by atoms with Crippen molar-refractivity contribution in [2.24, 2.45) is 0 Å². The Kier molecular flexibility index (Phi) is 4.91. The smallest absolute Gasteiger partial charge is 0.236 e. The van der Waals surface area contributed by atoms with E-state index in [2.05, 4.69) is 22.3 Å². The van der Waals surface area contributed by atoms with Gasteiger partial charge in [0, 0.05) is 17.1 Å². The van der Waals surface area contributed by atoms with Crippen LogP contribution in [0.2, 0.25) is 0 Å². The average Bonchev–Trinajstić information content (AvgIpc) is 3.28. The van der Waals surface area contributed by atoms with Crippen LogP contribution in [0.1, 0.15) is 11.3 Å². The molecule has 0 atom stereocenters. The third-order valence-corrected chi connectivity index (χ3v) is 5.56. The molecule has 0 spiro atoms. The Balaban J connectivity index is 1.67. The maximum atomic E-state index is 12.2. The molecule has 0 aliphatic heterocycles. The first-order valence-electron chi connectivity index (χ1n) is 8.36. The second kappa shape index (κ2) is 7.50. The summed E-state index contributed by atoms with van der Waals surface area (Å²) in [4.78, 5) is 21.1. The number of hydrogen-bond donors (Lipinski definition) is 1. The fourth-order valence-electron chi connectivity index (χ4n) is 2.87. The molecule has 0 radical (unpaired) electrons. The molecule has 0 aliphatic carbocycles. The zero-order valence-corrected chi connectivity index (χ0v) is 16.5. The molecule has 0 aliphatic rings. The summed E-state index contributed by atoms with van der Waals surface area (Å²) in [6.07, 6.45) is 1.66. The van der Waals surface area contributed by atoms with Gasteiger partial charge in [-0.25, -0.2) is 14.5 Å². The van der Waals surface area contributed by atoms with Crippen LogP contribution in [0, 0.1) is 13.8 Å². The zero-order valence-electron chi connectivity index (χ0n) is 14.8. The predicted octanol–water partition coefficient (Wildman–Crippen LogP) is 4.20. The Morgan fingerprint density at radius 3 is 2.81 bits per heavy atom. The van der Waals surface area contributed by atoms with E-state index in [0.717, 1.165) is 28.0 Å². The Labute approximate surface area is 164 Å². The van der Waals surface area contributed by atoms with Gasteiger partial charge in [-0.1, -0.05) is 42.1 Å². The third-order valence-electron chi connectivity index (χ3n) is 3.94. The number of imidazole rings is 1. The van der Waals surface area contributed by atoms with E-state index < -0.39 is 0 Å². The molecule has 3 heterocycles. The molecular formula is C19H17N5OS2. The predicted molar refractivity (Wildman–Crippen MR) is 109 cm³/mol. The molecule has 0 unspecified atom stereocenters. The van der Waals surface area contributed by atoms with Gasteiger partial charge in [0.05, 0.1) is 22.7 Å². The van der Waals surface area contributed by atoms with E-state index in [1.54, 1.807) is 6.20 Å². The van der Waals surface area contributed by atoms with Crippen molar-refractivity contribution in [2.75, 3.05) is 11.1 Å². The summed E-state index contributed by atoms with van der Waals surface area (Å²) in [6, 6.07) is 12.1. The lowest BCUT2D eigenvalue weighted by Gasteiger charge is -2.04. The van der Waals surface area contributed by atoms with Gasteiger partial charge < -0.3 is 5.32 Å². The quantitative estimate of drug-likeness (QED) is 0.513. The number of rotatable bonds is 5. The zero-order chi connectivity index (χ0) is 18.8. The summed E-state index contributed by atoms with van der Waals surface area (Å²) in [6.45, 7) is 4.01. The molecular weight excluding hydrogens is 378 g/mol.